The number of aromatic hydroxyl groups is 1. The molecular formula is C23H30N2O3. The molecule has 0 fully saturated rings. The number of fused-ring (bicyclic) bond motifs is 1. The van der Waals surface area contributed by atoms with Gasteiger partial charge in [0.15, 0.2) is 6.61 Å². The molecule has 2 aromatic carbocycles. The van der Waals surface area contributed by atoms with Gasteiger partial charge in [-0.15, -0.1) is 0 Å². The van der Waals surface area contributed by atoms with Crippen LogP contribution in [0.5, 0.6) is 11.5 Å². The molecule has 1 aliphatic heterocycles. The minimum absolute atomic E-state index is 0.00310. The summed E-state index contributed by atoms with van der Waals surface area (Å²) in [6, 6.07) is 9.92. The maximum absolute atomic E-state index is 11.6. The topological polar surface area (TPSA) is 70.6 Å². The number of hydrogen-bond donors (Lipinski definition) is 3. The van der Waals surface area contributed by atoms with Crippen molar-refractivity contribution in [2.45, 2.75) is 52.5 Å². The summed E-state index contributed by atoms with van der Waals surface area (Å²) in [5.74, 6) is 0.679. The molecule has 0 radical (unpaired) electrons. The zero-order valence-corrected chi connectivity index (χ0v) is 17.3. The monoisotopic (exact) mass is 382 g/mol. The Labute approximate surface area is 167 Å². The Kier molecular flexibility index (Phi) is 5.66. The number of aryl methyl sites for hydroxylation is 2. The minimum atomic E-state index is -0.204. The van der Waals surface area contributed by atoms with Crippen molar-refractivity contribution in [2.75, 3.05) is 18.5 Å². The van der Waals surface area contributed by atoms with Gasteiger partial charge in [-0.25, -0.2) is 0 Å². The average Bonchev–Trinajstić information content (AvgIpc) is 2.57. The lowest BCUT2D eigenvalue weighted by molar-refractivity contribution is -0.118. The number of carbonyl (C=O) groups is 1. The van der Waals surface area contributed by atoms with Crippen LogP contribution in [0.2, 0.25) is 0 Å². The summed E-state index contributed by atoms with van der Waals surface area (Å²) in [4.78, 5) is 11.6. The van der Waals surface area contributed by atoms with Crippen LogP contribution in [0.25, 0.3) is 0 Å². The fourth-order valence-corrected chi connectivity index (χ4v) is 3.86. The maximum Gasteiger partial charge on any atom is 0.262 e. The first-order chi connectivity index (χ1) is 13.1. The van der Waals surface area contributed by atoms with E-state index in [1.807, 2.05) is 0 Å². The molecule has 1 heterocycles. The van der Waals surface area contributed by atoms with Gasteiger partial charge in [0.1, 0.15) is 11.5 Å². The van der Waals surface area contributed by atoms with E-state index in [2.05, 4.69) is 63.5 Å². The van der Waals surface area contributed by atoms with Gasteiger partial charge >= 0.3 is 0 Å². The average molecular weight is 383 g/mol. The van der Waals surface area contributed by atoms with Crippen LogP contribution < -0.4 is 15.4 Å². The minimum Gasteiger partial charge on any atom is -0.508 e. The highest BCUT2D eigenvalue weighted by molar-refractivity contribution is 5.96. The first-order valence-corrected chi connectivity index (χ1v) is 9.75. The summed E-state index contributed by atoms with van der Waals surface area (Å²) >= 11 is 0. The van der Waals surface area contributed by atoms with Gasteiger partial charge in [-0.2, -0.15) is 0 Å². The van der Waals surface area contributed by atoms with Crippen molar-refractivity contribution in [1.82, 2.24) is 5.32 Å². The lowest BCUT2D eigenvalue weighted by Crippen LogP contribution is -2.43. The molecule has 1 aliphatic rings. The third-order valence-corrected chi connectivity index (χ3v) is 5.07. The Morgan fingerprint density at radius 3 is 2.54 bits per heavy atom. The number of hydrogen-bond acceptors (Lipinski definition) is 4. The number of anilines is 1. The van der Waals surface area contributed by atoms with Crippen LogP contribution in [0.3, 0.4) is 0 Å². The number of amides is 1. The number of nitrogens with one attached hydrogen (secondary N) is 2. The molecule has 0 saturated carbocycles. The summed E-state index contributed by atoms with van der Waals surface area (Å²) in [5, 5.41) is 16.5. The second-order valence-electron chi connectivity index (χ2n) is 8.59. The largest absolute Gasteiger partial charge is 0.508 e. The summed E-state index contributed by atoms with van der Waals surface area (Å²) in [7, 11) is 0. The molecule has 5 heteroatoms. The van der Waals surface area contributed by atoms with Gasteiger partial charge in [-0.3, -0.25) is 4.79 Å². The molecule has 28 heavy (non-hydrogen) atoms. The smallest absolute Gasteiger partial charge is 0.262 e. The van der Waals surface area contributed by atoms with E-state index in [0.717, 1.165) is 18.5 Å². The molecule has 3 rings (SSSR count). The van der Waals surface area contributed by atoms with Crippen LogP contribution in [-0.2, 0) is 11.2 Å². The van der Waals surface area contributed by atoms with Gasteiger partial charge in [0.05, 0.1) is 5.69 Å². The van der Waals surface area contributed by atoms with E-state index in [-0.39, 0.29) is 29.7 Å². The number of phenolic OH excluding ortho intramolecular Hbond substituents is 1. The fourth-order valence-electron chi connectivity index (χ4n) is 3.86. The van der Waals surface area contributed by atoms with Gasteiger partial charge in [-0.1, -0.05) is 36.2 Å². The standard InChI is InChI=1S/C23H30N2O3/c1-14-6-15(2)8-17(7-14)11-23(4,5)24-12-16(3)19-9-18(26)10-20-22(19)28-13-21(27)25-20/h6-10,16,24,26H,11-13H2,1-5H3,(H,25,27). The summed E-state index contributed by atoms with van der Waals surface area (Å²) < 4.78 is 5.65. The zero-order valence-electron chi connectivity index (χ0n) is 17.3. The summed E-state index contributed by atoms with van der Waals surface area (Å²) in [5.41, 5.74) is 5.23. The van der Waals surface area contributed by atoms with Crippen LogP contribution in [0.1, 0.15) is 48.9 Å². The van der Waals surface area contributed by atoms with E-state index in [1.165, 1.54) is 22.8 Å². The highest BCUT2D eigenvalue weighted by atomic mass is 16.5. The molecule has 1 atom stereocenters. The van der Waals surface area contributed by atoms with Crippen LogP contribution in [0, 0.1) is 13.8 Å². The second-order valence-corrected chi connectivity index (χ2v) is 8.59. The Morgan fingerprint density at radius 2 is 1.86 bits per heavy atom. The predicted molar refractivity (Wildman–Crippen MR) is 112 cm³/mol. The molecule has 0 bridgehead atoms. The zero-order chi connectivity index (χ0) is 20.5. The molecule has 3 N–H and O–H groups in total. The van der Waals surface area contributed by atoms with Crippen LogP contribution >= 0.6 is 0 Å². The number of phenols is 1. The van der Waals surface area contributed by atoms with Crippen molar-refractivity contribution < 1.29 is 14.6 Å². The van der Waals surface area contributed by atoms with Gasteiger partial charge in [0, 0.05) is 23.7 Å². The molecule has 150 valence electrons. The van der Waals surface area contributed by atoms with Crippen LogP contribution in [0.15, 0.2) is 30.3 Å². The predicted octanol–water partition coefficient (Wildman–Crippen LogP) is 4.05. The SMILES string of the molecule is Cc1cc(C)cc(CC(C)(C)NCC(C)c2cc(O)cc3c2OCC(=O)N3)c1. The van der Waals surface area contributed by atoms with Crippen LogP contribution in [-0.4, -0.2) is 29.7 Å². The normalized spacial score (nSPS) is 14.8. The quantitative estimate of drug-likeness (QED) is 0.705. The Balaban J connectivity index is 1.71. The Bertz CT molecular complexity index is 869. The molecule has 1 unspecified atom stereocenters. The van der Waals surface area contributed by atoms with E-state index in [0.29, 0.717) is 11.4 Å². The first-order valence-electron chi connectivity index (χ1n) is 9.75. The van der Waals surface area contributed by atoms with E-state index in [9.17, 15) is 9.90 Å². The van der Waals surface area contributed by atoms with Crippen molar-refractivity contribution in [3.8, 4) is 11.5 Å². The Morgan fingerprint density at radius 1 is 1.18 bits per heavy atom. The molecule has 5 nitrogen and oxygen atoms in total. The summed E-state index contributed by atoms with van der Waals surface area (Å²) in [6.45, 7) is 11.5. The van der Waals surface area contributed by atoms with E-state index in [1.54, 1.807) is 6.07 Å². The molecule has 0 aliphatic carbocycles. The van der Waals surface area contributed by atoms with Crippen molar-refractivity contribution in [3.05, 3.63) is 52.6 Å². The lowest BCUT2D eigenvalue weighted by Gasteiger charge is -2.30. The Hall–Kier alpha value is -2.53. The number of ether oxygens (including phenoxy) is 1. The first kappa shape index (κ1) is 20.2. The highest BCUT2D eigenvalue weighted by Gasteiger charge is 2.25. The third kappa shape index (κ3) is 4.84. The molecule has 0 saturated heterocycles. The van der Waals surface area contributed by atoms with Gasteiger partial charge in [0.2, 0.25) is 0 Å². The molecule has 0 spiro atoms. The lowest BCUT2D eigenvalue weighted by atomic mass is 9.91. The number of benzene rings is 2. The molecular weight excluding hydrogens is 352 g/mol. The third-order valence-electron chi connectivity index (χ3n) is 5.07. The molecule has 0 aromatic heterocycles. The highest BCUT2D eigenvalue weighted by Crippen LogP contribution is 2.39. The van der Waals surface area contributed by atoms with E-state index < -0.39 is 0 Å². The van der Waals surface area contributed by atoms with Gasteiger partial charge in [-0.05, 0) is 51.7 Å². The second kappa shape index (κ2) is 7.84. The molecule has 2 aromatic rings. The van der Waals surface area contributed by atoms with Crippen molar-refractivity contribution in [2.24, 2.45) is 0 Å². The maximum atomic E-state index is 11.6. The van der Waals surface area contributed by atoms with Crippen LogP contribution in [0.4, 0.5) is 5.69 Å². The number of carbonyl (C=O) groups excluding carboxylic acids is 1. The van der Waals surface area contributed by atoms with Gasteiger partial charge in [0.25, 0.3) is 5.91 Å². The summed E-state index contributed by atoms with van der Waals surface area (Å²) in [6.07, 6.45) is 0.924. The van der Waals surface area contributed by atoms with E-state index >= 15 is 0 Å². The number of rotatable bonds is 6. The van der Waals surface area contributed by atoms with Crippen molar-refractivity contribution in [1.29, 1.82) is 0 Å². The van der Waals surface area contributed by atoms with Crippen molar-refractivity contribution >= 4 is 11.6 Å². The molecule has 1 amide bonds. The van der Waals surface area contributed by atoms with Gasteiger partial charge < -0.3 is 20.5 Å². The fraction of sp³-hybridized carbons (Fsp3) is 0.435. The van der Waals surface area contributed by atoms with Crippen molar-refractivity contribution in [3.63, 3.8) is 0 Å². The van der Waals surface area contributed by atoms with E-state index in [4.69, 9.17) is 4.74 Å².